The van der Waals surface area contributed by atoms with Crippen LogP contribution in [0.2, 0.25) is 0 Å². The van der Waals surface area contributed by atoms with Gasteiger partial charge in [0.05, 0.1) is 6.04 Å². The van der Waals surface area contributed by atoms with Gasteiger partial charge in [-0.2, -0.15) is 0 Å². The lowest BCUT2D eigenvalue weighted by atomic mass is 10.1. The van der Waals surface area contributed by atoms with Crippen molar-refractivity contribution in [2.75, 3.05) is 45.0 Å². The molecule has 0 aliphatic carbocycles. The first-order chi connectivity index (χ1) is 11.5. The fourth-order valence-electron chi connectivity index (χ4n) is 2.48. The van der Waals surface area contributed by atoms with Gasteiger partial charge in [-0.1, -0.05) is 30.3 Å². The van der Waals surface area contributed by atoms with Crippen molar-refractivity contribution in [1.29, 1.82) is 0 Å². The second kappa shape index (κ2) is 8.36. The maximum Gasteiger partial charge on any atom is 0.319 e. The summed E-state index contributed by atoms with van der Waals surface area (Å²) in [6.07, 6.45) is 0. The third-order valence-electron chi connectivity index (χ3n) is 3.91. The molecule has 0 aliphatic heterocycles. The Morgan fingerprint density at radius 1 is 0.958 bits per heavy atom. The van der Waals surface area contributed by atoms with Gasteiger partial charge < -0.3 is 20.4 Å². The summed E-state index contributed by atoms with van der Waals surface area (Å²) < 4.78 is 0. The Balaban J connectivity index is 1.97. The largest absolute Gasteiger partial charge is 0.378 e. The second-order valence-corrected chi connectivity index (χ2v) is 6.17. The Bertz CT molecular complexity index is 638. The number of hydrogen-bond acceptors (Lipinski definition) is 3. The number of hydrogen-bond donors (Lipinski definition) is 2. The van der Waals surface area contributed by atoms with Gasteiger partial charge >= 0.3 is 6.03 Å². The number of urea groups is 1. The molecular formula is C19H26N4O. The van der Waals surface area contributed by atoms with Gasteiger partial charge in [0.2, 0.25) is 0 Å². The van der Waals surface area contributed by atoms with E-state index in [0.717, 1.165) is 11.4 Å². The highest BCUT2D eigenvalue weighted by Gasteiger charge is 2.15. The smallest absolute Gasteiger partial charge is 0.319 e. The standard InChI is InChI=1S/C19H26N4O/c1-22(2)17-12-10-15(11-13-17)18(23(3)4)14-20-19(24)21-16-8-6-5-7-9-16/h5-13,18H,14H2,1-4H3,(H2,20,21,24)/t18-/m0/s1. The number of likely N-dealkylation sites (N-methyl/N-ethyl adjacent to an activating group) is 1. The first-order valence-corrected chi connectivity index (χ1v) is 8.01. The number of para-hydroxylation sites is 1. The molecular weight excluding hydrogens is 300 g/mol. The number of anilines is 2. The van der Waals surface area contributed by atoms with Crippen LogP contribution in [0.3, 0.4) is 0 Å². The van der Waals surface area contributed by atoms with Crippen molar-refractivity contribution in [3.8, 4) is 0 Å². The van der Waals surface area contributed by atoms with Crippen molar-refractivity contribution in [2.24, 2.45) is 0 Å². The Morgan fingerprint density at radius 2 is 1.58 bits per heavy atom. The average molecular weight is 326 g/mol. The van der Waals surface area contributed by atoms with Crippen LogP contribution in [-0.4, -0.2) is 45.7 Å². The van der Waals surface area contributed by atoms with Gasteiger partial charge in [0.1, 0.15) is 0 Å². The number of benzene rings is 2. The molecule has 2 aromatic rings. The molecule has 2 rings (SSSR count). The fraction of sp³-hybridized carbons (Fsp3) is 0.316. The van der Waals surface area contributed by atoms with Gasteiger partial charge in [-0.05, 0) is 43.9 Å². The van der Waals surface area contributed by atoms with E-state index in [4.69, 9.17) is 0 Å². The zero-order valence-electron chi connectivity index (χ0n) is 14.8. The zero-order valence-corrected chi connectivity index (χ0v) is 14.8. The lowest BCUT2D eigenvalue weighted by molar-refractivity contribution is 0.243. The normalized spacial score (nSPS) is 11.9. The Morgan fingerprint density at radius 3 is 2.12 bits per heavy atom. The first-order valence-electron chi connectivity index (χ1n) is 8.01. The van der Waals surface area contributed by atoms with E-state index < -0.39 is 0 Å². The van der Waals surface area contributed by atoms with Crippen molar-refractivity contribution >= 4 is 17.4 Å². The van der Waals surface area contributed by atoms with Crippen LogP contribution in [-0.2, 0) is 0 Å². The topological polar surface area (TPSA) is 47.6 Å². The van der Waals surface area contributed by atoms with E-state index in [1.807, 2.05) is 58.5 Å². The highest BCUT2D eigenvalue weighted by molar-refractivity contribution is 5.89. The average Bonchev–Trinajstić information content (AvgIpc) is 2.56. The maximum atomic E-state index is 12.1. The van der Waals surface area contributed by atoms with Crippen LogP contribution in [0.1, 0.15) is 11.6 Å². The van der Waals surface area contributed by atoms with Crippen molar-refractivity contribution in [3.63, 3.8) is 0 Å². The molecule has 0 aliphatic rings. The highest BCUT2D eigenvalue weighted by atomic mass is 16.2. The van der Waals surface area contributed by atoms with Crippen LogP contribution in [0.5, 0.6) is 0 Å². The molecule has 2 aromatic carbocycles. The van der Waals surface area contributed by atoms with Gasteiger partial charge in [-0.25, -0.2) is 4.79 Å². The zero-order chi connectivity index (χ0) is 17.5. The van der Waals surface area contributed by atoms with Gasteiger partial charge in [-0.3, -0.25) is 0 Å². The number of nitrogens with one attached hydrogen (secondary N) is 2. The molecule has 128 valence electrons. The van der Waals surface area contributed by atoms with E-state index in [1.165, 1.54) is 5.56 Å². The van der Waals surface area contributed by atoms with Crippen LogP contribution in [0.4, 0.5) is 16.2 Å². The first kappa shape index (κ1) is 17.8. The van der Waals surface area contributed by atoms with Gasteiger partial charge in [0, 0.05) is 32.0 Å². The molecule has 5 nitrogen and oxygen atoms in total. The number of carbonyl (C=O) groups is 1. The summed E-state index contributed by atoms with van der Waals surface area (Å²) in [7, 11) is 8.07. The van der Waals surface area contributed by atoms with Crippen LogP contribution < -0.4 is 15.5 Å². The van der Waals surface area contributed by atoms with E-state index in [2.05, 4.69) is 44.7 Å². The number of carbonyl (C=O) groups excluding carboxylic acids is 1. The van der Waals surface area contributed by atoms with E-state index in [0.29, 0.717) is 6.54 Å². The molecule has 2 amide bonds. The minimum absolute atomic E-state index is 0.114. The third kappa shape index (κ3) is 4.99. The van der Waals surface area contributed by atoms with Crippen LogP contribution in [0.15, 0.2) is 54.6 Å². The Labute approximate surface area is 144 Å². The Hall–Kier alpha value is -2.53. The molecule has 0 unspecified atom stereocenters. The van der Waals surface area contributed by atoms with E-state index in [-0.39, 0.29) is 12.1 Å². The molecule has 0 aromatic heterocycles. The van der Waals surface area contributed by atoms with Crippen LogP contribution >= 0.6 is 0 Å². The number of nitrogens with zero attached hydrogens (tertiary/aromatic N) is 2. The predicted molar refractivity (Wildman–Crippen MR) is 101 cm³/mol. The molecule has 0 radical (unpaired) electrons. The second-order valence-electron chi connectivity index (χ2n) is 6.17. The summed E-state index contributed by atoms with van der Waals surface area (Å²) in [5.41, 5.74) is 3.11. The molecule has 0 saturated heterocycles. The van der Waals surface area contributed by atoms with Crippen LogP contribution in [0.25, 0.3) is 0 Å². The van der Waals surface area contributed by atoms with Gasteiger partial charge in [-0.15, -0.1) is 0 Å². The molecule has 24 heavy (non-hydrogen) atoms. The Kier molecular flexibility index (Phi) is 6.21. The third-order valence-corrected chi connectivity index (χ3v) is 3.91. The van der Waals surface area contributed by atoms with Crippen molar-refractivity contribution in [3.05, 3.63) is 60.2 Å². The molecule has 0 saturated carbocycles. The molecule has 0 heterocycles. The fourth-order valence-corrected chi connectivity index (χ4v) is 2.48. The molecule has 1 atom stereocenters. The van der Waals surface area contributed by atoms with Gasteiger partial charge in [0.15, 0.2) is 0 Å². The number of amides is 2. The number of rotatable bonds is 6. The molecule has 0 bridgehead atoms. The summed E-state index contributed by atoms with van der Waals surface area (Å²) in [5, 5.41) is 5.78. The molecule has 2 N–H and O–H groups in total. The van der Waals surface area contributed by atoms with Crippen molar-refractivity contribution in [1.82, 2.24) is 10.2 Å². The lowest BCUT2D eigenvalue weighted by Crippen LogP contribution is -2.36. The van der Waals surface area contributed by atoms with Gasteiger partial charge in [0.25, 0.3) is 0 Å². The summed E-state index contributed by atoms with van der Waals surface area (Å²) >= 11 is 0. The van der Waals surface area contributed by atoms with Crippen LogP contribution in [0, 0.1) is 0 Å². The summed E-state index contributed by atoms with van der Waals surface area (Å²) in [6, 6.07) is 17.8. The predicted octanol–water partition coefficient (Wildman–Crippen LogP) is 3.18. The quantitative estimate of drug-likeness (QED) is 0.857. The summed E-state index contributed by atoms with van der Waals surface area (Å²) in [5.74, 6) is 0. The minimum atomic E-state index is -0.196. The molecule has 5 heteroatoms. The maximum absolute atomic E-state index is 12.1. The summed E-state index contributed by atoms with van der Waals surface area (Å²) in [4.78, 5) is 16.2. The monoisotopic (exact) mass is 326 g/mol. The lowest BCUT2D eigenvalue weighted by Gasteiger charge is -2.26. The van der Waals surface area contributed by atoms with E-state index in [9.17, 15) is 4.79 Å². The van der Waals surface area contributed by atoms with E-state index >= 15 is 0 Å². The van der Waals surface area contributed by atoms with E-state index in [1.54, 1.807) is 0 Å². The van der Waals surface area contributed by atoms with Crippen molar-refractivity contribution in [2.45, 2.75) is 6.04 Å². The highest BCUT2D eigenvalue weighted by Crippen LogP contribution is 2.21. The summed E-state index contributed by atoms with van der Waals surface area (Å²) in [6.45, 7) is 0.535. The minimum Gasteiger partial charge on any atom is -0.378 e. The van der Waals surface area contributed by atoms with Crippen molar-refractivity contribution < 1.29 is 4.79 Å². The molecule has 0 spiro atoms. The SMILES string of the molecule is CN(C)c1ccc([C@H](CNC(=O)Nc2ccccc2)N(C)C)cc1. The molecule has 0 fully saturated rings.